The van der Waals surface area contributed by atoms with Crippen LogP contribution in [0.25, 0.3) is 11.1 Å². The molecule has 0 aromatic heterocycles. The second kappa shape index (κ2) is 13.0. The van der Waals surface area contributed by atoms with Crippen LogP contribution in [0.2, 0.25) is 0 Å². The van der Waals surface area contributed by atoms with Crippen LogP contribution in [0.15, 0.2) is 91.0 Å². The highest BCUT2D eigenvalue weighted by molar-refractivity contribution is 6.06. The number of β-lactam (4-membered cyclic amide) rings is 1. The van der Waals surface area contributed by atoms with E-state index in [-0.39, 0.29) is 43.1 Å². The molecule has 11 nitrogen and oxygen atoms in total. The first kappa shape index (κ1) is 34.5. The number of aliphatic hydroxyl groups excluding tert-OH is 3. The number of amides is 1. The Morgan fingerprint density at radius 2 is 1.43 bits per heavy atom. The molecular weight excluding hydrogens is 668 g/mol. The van der Waals surface area contributed by atoms with Crippen LogP contribution in [0.3, 0.4) is 0 Å². The number of halogens is 2. The molecule has 2 heterocycles. The third-order valence-electron chi connectivity index (χ3n) is 10.4. The molecule has 1 amide bonds. The minimum atomic E-state index is -1.96. The van der Waals surface area contributed by atoms with Crippen molar-refractivity contribution in [1.82, 2.24) is 0 Å². The van der Waals surface area contributed by atoms with Crippen LogP contribution >= 0.6 is 0 Å². The maximum atomic E-state index is 14.3. The number of ether oxygens (including phenoxy) is 2. The summed E-state index contributed by atoms with van der Waals surface area (Å²) in [5, 5.41) is 63.2. The molecule has 2 aliphatic heterocycles. The van der Waals surface area contributed by atoms with E-state index in [9.17, 15) is 49.0 Å². The number of hydrogen-bond donors (Lipinski definition) is 6. The van der Waals surface area contributed by atoms with Crippen molar-refractivity contribution in [2.45, 2.75) is 68.0 Å². The molecule has 266 valence electrons. The molecule has 7 rings (SSSR count). The van der Waals surface area contributed by atoms with E-state index in [2.05, 4.69) is 0 Å². The van der Waals surface area contributed by atoms with Gasteiger partial charge in [0.1, 0.15) is 41.4 Å². The van der Waals surface area contributed by atoms with E-state index in [1.807, 2.05) is 0 Å². The predicted octanol–water partition coefficient (Wildman–Crippen LogP) is 4.14. The highest BCUT2D eigenvalue weighted by atomic mass is 19.1. The van der Waals surface area contributed by atoms with Crippen molar-refractivity contribution < 1.29 is 58.5 Å². The Morgan fingerprint density at radius 1 is 0.804 bits per heavy atom. The van der Waals surface area contributed by atoms with Gasteiger partial charge in [0.05, 0.1) is 17.1 Å². The SMILES string of the molecule is O=C(O)C1O[C@@H](Oc2cc(-c3cccc(O)c3)ccc2[C@H]2N(c3ccc(F)cc3)C(=O)C23CCC(O)(c2ccc(F)cc2)CC3)C(O)[C@@H](O)[C@@H]1O. The summed E-state index contributed by atoms with van der Waals surface area (Å²) in [6.45, 7) is 0. The summed E-state index contributed by atoms with van der Waals surface area (Å²) in [7, 11) is 0. The van der Waals surface area contributed by atoms with Crippen LogP contribution in [-0.4, -0.2) is 73.2 Å². The number of phenols is 1. The topological polar surface area (TPSA) is 177 Å². The van der Waals surface area contributed by atoms with Crippen LogP contribution < -0.4 is 9.64 Å². The monoisotopic (exact) mass is 703 g/mol. The summed E-state index contributed by atoms with van der Waals surface area (Å²) < 4.78 is 39.4. The van der Waals surface area contributed by atoms with Crippen LogP contribution in [0, 0.1) is 17.0 Å². The molecule has 0 bridgehead atoms. The van der Waals surface area contributed by atoms with Crippen LogP contribution in [0.5, 0.6) is 11.5 Å². The van der Waals surface area contributed by atoms with Crippen LogP contribution in [-0.2, 0) is 19.9 Å². The number of rotatable bonds is 7. The summed E-state index contributed by atoms with van der Waals surface area (Å²) >= 11 is 0. The van der Waals surface area contributed by atoms with Crippen molar-refractivity contribution >= 4 is 17.6 Å². The number of carboxylic acid groups (broad SMARTS) is 1. The summed E-state index contributed by atoms with van der Waals surface area (Å²) in [6, 6.07) is 21.4. The lowest BCUT2D eigenvalue weighted by Crippen LogP contribution is -2.65. The van der Waals surface area contributed by atoms with Crippen molar-refractivity contribution in [1.29, 1.82) is 0 Å². The van der Waals surface area contributed by atoms with Gasteiger partial charge in [0, 0.05) is 11.3 Å². The van der Waals surface area contributed by atoms with E-state index in [1.54, 1.807) is 30.3 Å². The number of carboxylic acids is 1. The minimum absolute atomic E-state index is 0.0200. The van der Waals surface area contributed by atoms with Gasteiger partial charge in [-0.05, 0) is 97.0 Å². The number of anilines is 1. The molecule has 13 heteroatoms. The Balaban J connectivity index is 1.33. The van der Waals surface area contributed by atoms with Gasteiger partial charge in [-0.2, -0.15) is 0 Å². The third kappa shape index (κ3) is 6.00. The van der Waals surface area contributed by atoms with Crippen molar-refractivity contribution in [3.8, 4) is 22.6 Å². The lowest BCUT2D eigenvalue weighted by Gasteiger charge is -2.59. The molecular formula is C38H35F2NO10. The lowest BCUT2D eigenvalue weighted by molar-refractivity contribution is -0.271. The molecule has 6 atom stereocenters. The van der Waals surface area contributed by atoms with Crippen molar-refractivity contribution in [2.24, 2.45) is 5.41 Å². The number of phenolic OH excluding ortho intramolecular Hbond substituents is 1. The predicted molar refractivity (Wildman–Crippen MR) is 176 cm³/mol. The fourth-order valence-corrected chi connectivity index (χ4v) is 7.61. The third-order valence-corrected chi connectivity index (χ3v) is 10.4. The zero-order valence-corrected chi connectivity index (χ0v) is 27.0. The number of carbonyl (C=O) groups excluding carboxylic acids is 1. The minimum Gasteiger partial charge on any atom is -0.508 e. The Morgan fingerprint density at radius 3 is 2.06 bits per heavy atom. The van der Waals surface area contributed by atoms with Gasteiger partial charge in [0.25, 0.3) is 0 Å². The molecule has 4 aromatic carbocycles. The molecule has 4 aromatic rings. The summed E-state index contributed by atoms with van der Waals surface area (Å²) in [4.78, 5) is 27.7. The largest absolute Gasteiger partial charge is 0.508 e. The molecule has 1 spiro atoms. The fourth-order valence-electron chi connectivity index (χ4n) is 7.61. The summed E-state index contributed by atoms with van der Waals surface area (Å²) in [5.74, 6) is -2.86. The van der Waals surface area contributed by atoms with E-state index >= 15 is 0 Å². The number of aromatic hydroxyl groups is 1. The van der Waals surface area contributed by atoms with Gasteiger partial charge in [-0.25, -0.2) is 13.6 Å². The maximum Gasteiger partial charge on any atom is 0.335 e. The first-order valence-electron chi connectivity index (χ1n) is 16.4. The number of aliphatic hydroxyl groups is 4. The molecule has 6 N–H and O–H groups in total. The smallest absolute Gasteiger partial charge is 0.335 e. The van der Waals surface area contributed by atoms with E-state index in [0.29, 0.717) is 27.9 Å². The normalized spacial score (nSPS) is 30.5. The van der Waals surface area contributed by atoms with Gasteiger partial charge in [-0.1, -0.05) is 36.4 Å². The van der Waals surface area contributed by atoms with Gasteiger partial charge >= 0.3 is 5.97 Å². The number of hydrogen-bond acceptors (Lipinski definition) is 9. The Labute approximate surface area is 290 Å². The average Bonchev–Trinajstić information content (AvgIpc) is 3.12. The molecule has 3 aliphatic rings. The molecule has 3 fully saturated rings. The molecule has 2 saturated heterocycles. The van der Waals surface area contributed by atoms with E-state index in [4.69, 9.17) is 9.47 Å². The summed E-state index contributed by atoms with van der Waals surface area (Å²) in [5.41, 5.74) is -0.108. The van der Waals surface area contributed by atoms with E-state index in [0.717, 1.165) is 0 Å². The highest BCUT2D eigenvalue weighted by Crippen LogP contribution is 2.63. The van der Waals surface area contributed by atoms with E-state index in [1.165, 1.54) is 65.6 Å². The van der Waals surface area contributed by atoms with Crippen LogP contribution in [0.1, 0.15) is 42.9 Å². The quantitative estimate of drug-likeness (QED) is 0.153. The standard InChI is InChI=1S/C38H35F2NO10/c39-23-7-5-22(6-8-23)38(49)16-14-37(15-17-38)33(41(36(37)48)25-11-9-24(40)10-12-25)27-13-4-21(20-2-1-3-26(42)18-20)19-28(27)50-35-31(45)29(43)30(44)32(51-35)34(46)47/h1-13,18-19,29-33,35,42-45,49H,14-17H2,(H,46,47)/t29-,30-,31?,32?,33+,35+,37?,38?/m0/s1. The zero-order valence-electron chi connectivity index (χ0n) is 27.0. The van der Waals surface area contributed by atoms with Gasteiger partial charge < -0.3 is 45.0 Å². The first-order chi connectivity index (χ1) is 24.3. The first-order valence-corrected chi connectivity index (χ1v) is 16.4. The molecule has 0 radical (unpaired) electrons. The Kier molecular flexibility index (Phi) is 8.80. The lowest BCUT2D eigenvalue weighted by atomic mass is 9.56. The average molecular weight is 704 g/mol. The van der Waals surface area contributed by atoms with Gasteiger partial charge in [-0.3, -0.25) is 4.79 Å². The van der Waals surface area contributed by atoms with Gasteiger partial charge in [0.2, 0.25) is 12.2 Å². The fraction of sp³-hybridized carbons (Fsp3) is 0.316. The number of aliphatic carboxylic acids is 1. The van der Waals surface area contributed by atoms with Crippen molar-refractivity contribution in [3.63, 3.8) is 0 Å². The van der Waals surface area contributed by atoms with Crippen molar-refractivity contribution in [3.05, 3.63) is 114 Å². The second-order valence-electron chi connectivity index (χ2n) is 13.4. The van der Waals surface area contributed by atoms with Gasteiger partial charge in [-0.15, -0.1) is 0 Å². The number of benzene rings is 4. The van der Waals surface area contributed by atoms with Crippen LogP contribution in [0.4, 0.5) is 14.5 Å². The Hall–Kier alpha value is -4.92. The van der Waals surface area contributed by atoms with E-state index < -0.39 is 65.4 Å². The van der Waals surface area contributed by atoms with Gasteiger partial charge in [0.15, 0.2) is 6.10 Å². The zero-order chi connectivity index (χ0) is 36.2. The van der Waals surface area contributed by atoms with Crippen molar-refractivity contribution in [2.75, 3.05) is 4.90 Å². The maximum absolute atomic E-state index is 14.3. The highest BCUT2D eigenvalue weighted by Gasteiger charge is 2.64. The number of carbonyl (C=O) groups is 2. The summed E-state index contributed by atoms with van der Waals surface area (Å²) in [6.07, 6.45) is -8.87. The number of nitrogens with zero attached hydrogens (tertiary/aromatic N) is 1. The second-order valence-corrected chi connectivity index (χ2v) is 13.4. The molecule has 1 aliphatic carbocycles. The molecule has 1 saturated carbocycles. The Bertz CT molecular complexity index is 1950. The molecule has 51 heavy (non-hydrogen) atoms. The molecule has 2 unspecified atom stereocenters.